The number of carbonyl (C=O) groups is 2. The second kappa shape index (κ2) is 10.5. The predicted molar refractivity (Wildman–Crippen MR) is 106 cm³/mol. The van der Waals surface area contributed by atoms with E-state index in [1.54, 1.807) is 31.2 Å². The first kappa shape index (κ1) is 20.6. The van der Waals surface area contributed by atoms with Gasteiger partial charge in [-0.15, -0.1) is 0 Å². The van der Waals surface area contributed by atoms with E-state index in [1.807, 2.05) is 6.07 Å². The van der Waals surface area contributed by atoms with Gasteiger partial charge < -0.3 is 25.2 Å². The molecule has 3 N–H and O–H groups in total. The SMILES string of the molecule is CC#CNc1cc(OC)c(OCCCNC(=O)c2ccccc2)cc1C(=O)O. The summed E-state index contributed by atoms with van der Waals surface area (Å²) in [6.45, 7) is 2.35. The summed E-state index contributed by atoms with van der Waals surface area (Å²) in [5.74, 6) is 2.08. The molecule has 2 aromatic carbocycles. The number of rotatable bonds is 9. The molecular formula is C21H22N2O5. The van der Waals surface area contributed by atoms with Gasteiger partial charge in [0.1, 0.15) is 0 Å². The third-order valence-electron chi connectivity index (χ3n) is 3.76. The van der Waals surface area contributed by atoms with E-state index in [0.717, 1.165) is 0 Å². The van der Waals surface area contributed by atoms with Gasteiger partial charge in [0.15, 0.2) is 11.5 Å². The van der Waals surface area contributed by atoms with Crippen molar-refractivity contribution in [2.45, 2.75) is 13.3 Å². The van der Waals surface area contributed by atoms with E-state index >= 15 is 0 Å². The third kappa shape index (κ3) is 5.68. The zero-order valence-corrected chi connectivity index (χ0v) is 15.7. The van der Waals surface area contributed by atoms with Crippen molar-refractivity contribution in [2.24, 2.45) is 0 Å². The summed E-state index contributed by atoms with van der Waals surface area (Å²) in [5, 5.41) is 14.9. The molecule has 0 heterocycles. The predicted octanol–water partition coefficient (Wildman–Crippen LogP) is 2.99. The summed E-state index contributed by atoms with van der Waals surface area (Å²) in [4.78, 5) is 23.5. The molecule has 1 amide bonds. The molecule has 28 heavy (non-hydrogen) atoms. The van der Waals surface area contributed by atoms with Crippen LogP contribution in [-0.2, 0) is 0 Å². The van der Waals surface area contributed by atoms with Gasteiger partial charge in [-0.2, -0.15) is 0 Å². The molecule has 0 bridgehead atoms. The number of anilines is 1. The highest BCUT2D eigenvalue weighted by atomic mass is 16.5. The van der Waals surface area contributed by atoms with Crippen molar-refractivity contribution in [3.05, 3.63) is 53.6 Å². The average Bonchev–Trinajstić information content (AvgIpc) is 2.72. The quantitative estimate of drug-likeness (QED) is 0.350. The molecule has 7 heteroatoms. The van der Waals surface area contributed by atoms with Crippen LogP contribution < -0.4 is 20.1 Å². The first-order chi connectivity index (χ1) is 13.6. The highest BCUT2D eigenvalue weighted by molar-refractivity contribution is 5.96. The Morgan fingerprint density at radius 3 is 2.54 bits per heavy atom. The molecule has 0 saturated heterocycles. The van der Waals surface area contributed by atoms with Gasteiger partial charge in [0.2, 0.25) is 0 Å². The maximum absolute atomic E-state index is 12.0. The summed E-state index contributed by atoms with van der Waals surface area (Å²) >= 11 is 0. The van der Waals surface area contributed by atoms with Crippen LogP contribution >= 0.6 is 0 Å². The maximum Gasteiger partial charge on any atom is 0.337 e. The van der Waals surface area contributed by atoms with Gasteiger partial charge in [-0.3, -0.25) is 4.79 Å². The van der Waals surface area contributed by atoms with Crippen LogP contribution in [0.3, 0.4) is 0 Å². The summed E-state index contributed by atoms with van der Waals surface area (Å²) in [6, 6.07) is 14.5. The van der Waals surface area contributed by atoms with E-state index < -0.39 is 5.97 Å². The van der Waals surface area contributed by atoms with Crippen molar-refractivity contribution in [1.82, 2.24) is 5.32 Å². The summed E-state index contributed by atoms with van der Waals surface area (Å²) in [7, 11) is 1.47. The Labute approximate surface area is 163 Å². The highest BCUT2D eigenvalue weighted by Gasteiger charge is 2.16. The molecule has 0 fully saturated rings. The van der Waals surface area contributed by atoms with Gasteiger partial charge in [-0.25, -0.2) is 4.79 Å². The molecule has 0 aliphatic carbocycles. The Kier molecular flexibility index (Phi) is 7.73. The number of carboxylic acid groups (broad SMARTS) is 1. The molecule has 2 aromatic rings. The number of aromatic carboxylic acids is 1. The van der Waals surface area contributed by atoms with E-state index in [9.17, 15) is 14.7 Å². The minimum Gasteiger partial charge on any atom is -0.493 e. The van der Waals surface area contributed by atoms with Gasteiger partial charge >= 0.3 is 5.97 Å². The number of carbonyl (C=O) groups excluding carboxylic acids is 1. The fourth-order valence-corrected chi connectivity index (χ4v) is 2.39. The maximum atomic E-state index is 12.0. The number of nitrogens with one attached hydrogen (secondary N) is 2. The largest absolute Gasteiger partial charge is 0.493 e. The molecule has 0 spiro atoms. The fraction of sp³-hybridized carbons (Fsp3) is 0.238. The number of ether oxygens (including phenoxy) is 2. The lowest BCUT2D eigenvalue weighted by Gasteiger charge is -2.14. The first-order valence-electron chi connectivity index (χ1n) is 8.66. The number of amides is 1. The molecule has 0 aromatic heterocycles. The van der Waals surface area contributed by atoms with Crippen LogP contribution in [-0.4, -0.2) is 37.2 Å². The van der Waals surface area contributed by atoms with Gasteiger partial charge in [-0.05, 0) is 25.5 Å². The van der Waals surface area contributed by atoms with Crippen LogP contribution in [0.2, 0.25) is 0 Å². The highest BCUT2D eigenvalue weighted by Crippen LogP contribution is 2.33. The summed E-state index contributed by atoms with van der Waals surface area (Å²) in [5.41, 5.74) is 0.937. The summed E-state index contributed by atoms with van der Waals surface area (Å²) < 4.78 is 10.9. The monoisotopic (exact) mass is 382 g/mol. The second-order valence-corrected chi connectivity index (χ2v) is 5.68. The number of benzene rings is 2. The number of methoxy groups -OCH3 is 1. The van der Waals surface area contributed by atoms with Crippen LogP contribution in [0.15, 0.2) is 42.5 Å². The van der Waals surface area contributed by atoms with Crippen LogP contribution in [0, 0.1) is 12.0 Å². The minimum absolute atomic E-state index is 0.0240. The van der Waals surface area contributed by atoms with Crippen LogP contribution in [0.5, 0.6) is 11.5 Å². The van der Waals surface area contributed by atoms with E-state index in [0.29, 0.717) is 35.7 Å². The van der Waals surface area contributed by atoms with E-state index in [4.69, 9.17) is 9.47 Å². The van der Waals surface area contributed by atoms with Crippen molar-refractivity contribution in [3.8, 4) is 23.5 Å². The lowest BCUT2D eigenvalue weighted by Crippen LogP contribution is -2.25. The molecule has 0 radical (unpaired) electrons. The van der Waals surface area contributed by atoms with E-state index in [-0.39, 0.29) is 18.1 Å². The number of hydrogen-bond donors (Lipinski definition) is 3. The Hall–Kier alpha value is -3.66. The molecule has 0 saturated carbocycles. The molecule has 0 aliphatic heterocycles. The number of carboxylic acids is 1. The third-order valence-corrected chi connectivity index (χ3v) is 3.76. The molecule has 0 unspecified atom stereocenters. The first-order valence-corrected chi connectivity index (χ1v) is 8.66. The Balaban J connectivity index is 1.95. The van der Waals surface area contributed by atoms with Crippen molar-refractivity contribution in [3.63, 3.8) is 0 Å². The minimum atomic E-state index is -1.11. The van der Waals surface area contributed by atoms with Gasteiger partial charge in [-0.1, -0.05) is 24.1 Å². The van der Waals surface area contributed by atoms with Crippen LogP contribution in [0.1, 0.15) is 34.1 Å². The molecule has 0 aliphatic rings. The Morgan fingerprint density at radius 2 is 1.89 bits per heavy atom. The van der Waals surface area contributed by atoms with Gasteiger partial charge in [0, 0.05) is 30.3 Å². The van der Waals surface area contributed by atoms with Crippen molar-refractivity contribution < 1.29 is 24.2 Å². The van der Waals surface area contributed by atoms with Gasteiger partial charge in [0.25, 0.3) is 5.91 Å². The smallest absolute Gasteiger partial charge is 0.337 e. The Bertz CT molecular complexity index is 885. The zero-order valence-electron chi connectivity index (χ0n) is 15.7. The standard InChI is InChI=1S/C21H22N2O5/c1-3-10-22-17-14-18(27-2)19(13-16(17)21(25)26)28-12-7-11-23-20(24)15-8-5-4-6-9-15/h4-6,8-9,13-14,22H,7,11-12H2,1-2H3,(H,23,24)(H,25,26). The van der Waals surface area contributed by atoms with Gasteiger partial charge in [0.05, 0.1) is 25.0 Å². The van der Waals surface area contributed by atoms with E-state index in [2.05, 4.69) is 22.6 Å². The topological polar surface area (TPSA) is 96.9 Å². The molecular weight excluding hydrogens is 360 g/mol. The van der Waals surface area contributed by atoms with Crippen molar-refractivity contribution in [1.29, 1.82) is 0 Å². The molecule has 2 rings (SSSR count). The zero-order chi connectivity index (χ0) is 20.4. The summed E-state index contributed by atoms with van der Waals surface area (Å²) in [6.07, 6.45) is 0.547. The second-order valence-electron chi connectivity index (χ2n) is 5.68. The molecule has 146 valence electrons. The Morgan fingerprint density at radius 1 is 1.14 bits per heavy atom. The van der Waals surface area contributed by atoms with Crippen molar-refractivity contribution >= 4 is 17.6 Å². The lowest BCUT2D eigenvalue weighted by molar-refractivity contribution is 0.0697. The van der Waals surface area contributed by atoms with E-state index in [1.165, 1.54) is 19.2 Å². The fourth-order valence-electron chi connectivity index (χ4n) is 2.39. The molecule has 7 nitrogen and oxygen atoms in total. The van der Waals surface area contributed by atoms with Crippen LogP contribution in [0.4, 0.5) is 5.69 Å². The molecule has 0 atom stereocenters. The lowest BCUT2D eigenvalue weighted by atomic mass is 10.1. The average molecular weight is 382 g/mol. The van der Waals surface area contributed by atoms with Crippen LogP contribution in [0.25, 0.3) is 0 Å². The normalized spacial score (nSPS) is 9.64. The number of hydrogen-bond acceptors (Lipinski definition) is 5. The van der Waals surface area contributed by atoms with Crippen molar-refractivity contribution in [2.75, 3.05) is 25.6 Å².